The van der Waals surface area contributed by atoms with E-state index >= 15 is 0 Å². The zero-order chi connectivity index (χ0) is 17.6. The monoisotopic (exact) mass is 355 g/mol. The summed E-state index contributed by atoms with van der Waals surface area (Å²) < 4.78 is 6.00. The molecule has 3 aromatic rings. The van der Waals surface area contributed by atoms with Crippen molar-refractivity contribution in [1.29, 1.82) is 0 Å². The number of carboxylic acids is 1. The van der Waals surface area contributed by atoms with E-state index in [2.05, 4.69) is 5.32 Å². The van der Waals surface area contributed by atoms with Gasteiger partial charge in [0.15, 0.2) is 0 Å². The number of carboxylic acid groups (broad SMARTS) is 1. The first kappa shape index (κ1) is 17.3. The van der Waals surface area contributed by atoms with Crippen LogP contribution in [0.2, 0.25) is 5.02 Å². The van der Waals surface area contributed by atoms with E-state index in [-0.39, 0.29) is 6.54 Å². The molecule has 4 nitrogen and oxygen atoms in total. The maximum absolute atomic E-state index is 10.8. The Kier molecular flexibility index (Phi) is 5.53. The molecule has 3 aromatic carbocycles. The summed E-state index contributed by atoms with van der Waals surface area (Å²) in [6.45, 7) is 0.709. The van der Waals surface area contributed by atoms with Gasteiger partial charge in [-0.25, -0.2) is 0 Å². The summed E-state index contributed by atoms with van der Waals surface area (Å²) in [6, 6.07) is 19.4. The van der Waals surface area contributed by atoms with Crippen molar-refractivity contribution >= 4 is 28.3 Å². The van der Waals surface area contributed by atoms with Crippen molar-refractivity contribution in [2.75, 3.05) is 6.54 Å². The van der Waals surface area contributed by atoms with Crippen LogP contribution in [0.3, 0.4) is 0 Å². The second-order valence-corrected chi connectivity index (χ2v) is 6.12. The summed E-state index contributed by atoms with van der Waals surface area (Å²) >= 11 is 6.01. The second-order valence-electron chi connectivity index (χ2n) is 5.68. The predicted octanol–water partition coefficient (Wildman–Crippen LogP) is 4.25. The number of ether oxygens (including phenoxy) is 1. The van der Waals surface area contributed by atoms with Crippen LogP contribution in [0, 0.1) is 0 Å². The number of rotatable bonds is 7. The topological polar surface area (TPSA) is 58.6 Å². The molecule has 0 aliphatic carbocycles. The lowest BCUT2D eigenvalue weighted by Crippen LogP contribution is -2.22. The highest BCUT2D eigenvalue weighted by molar-refractivity contribution is 6.30. The van der Waals surface area contributed by atoms with E-state index in [9.17, 15) is 4.79 Å². The molecule has 0 radical (unpaired) electrons. The van der Waals surface area contributed by atoms with Gasteiger partial charge in [0.05, 0.1) is 6.54 Å². The maximum atomic E-state index is 10.8. The van der Waals surface area contributed by atoms with E-state index in [1.54, 1.807) is 0 Å². The number of aliphatic carboxylic acids is 1. The molecule has 5 heteroatoms. The van der Waals surface area contributed by atoms with Gasteiger partial charge in [-0.2, -0.15) is 0 Å². The third kappa shape index (κ3) is 4.50. The number of fused-ring (bicyclic) bond motifs is 1. The molecule has 0 aliphatic rings. The molecule has 0 saturated heterocycles. The van der Waals surface area contributed by atoms with Crippen LogP contribution >= 0.6 is 11.6 Å². The fourth-order valence-corrected chi connectivity index (χ4v) is 2.93. The van der Waals surface area contributed by atoms with Crippen LogP contribution in [0.1, 0.15) is 11.1 Å². The van der Waals surface area contributed by atoms with Crippen molar-refractivity contribution in [3.63, 3.8) is 0 Å². The van der Waals surface area contributed by atoms with Gasteiger partial charge in [-0.1, -0.05) is 54.1 Å². The Morgan fingerprint density at radius 2 is 1.92 bits per heavy atom. The minimum absolute atomic E-state index is 0.100. The molecule has 2 N–H and O–H groups in total. The van der Waals surface area contributed by atoms with Gasteiger partial charge in [-0.15, -0.1) is 0 Å². The predicted molar refractivity (Wildman–Crippen MR) is 99.1 cm³/mol. The Hall–Kier alpha value is -2.56. The summed E-state index contributed by atoms with van der Waals surface area (Å²) in [5.41, 5.74) is 1.92. The Balaban J connectivity index is 1.86. The average Bonchev–Trinajstić information content (AvgIpc) is 2.60. The third-order valence-electron chi connectivity index (χ3n) is 3.86. The lowest BCUT2D eigenvalue weighted by atomic mass is 10.0. The molecule has 0 unspecified atom stereocenters. The fourth-order valence-electron chi connectivity index (χ4n) is 2.72. The van der Waals surface area contributed by atoms with Crippen LogP contribution in [0.5, 0.6) is 5.75 Å². The number of carbonyl (C=O) groups is 1. The highest BCUT2D eigenvalue weighted by Crippen LogP contribution is 2.29. The van der Waals surface area contributed by atoms with Crippen molar-refractivity contribution < 1.29 is 14.6 Å². The summed E-state index contributed by atoms with van der Waals surface area (Å²) in [6.07, 6.45) is 0. The largest absolute Gasteiger partial charge is 0.489 e. The smallest absolute Gasteiger partial charge is 0.317 e. The normalized spacial score (nSPS) is 10.8. The first-order chi connectivity index (χ1) is 12.1. The highest BCUT2D eigenvalue weighted by Gasteiger charge is 2.10. The Labute approximate surface area is 151 Å². The minimum atomic E-state index is -0.887. The zero-order valence-electron chi connectivity index (χ0n) is 13.5. The zero-order valence-corrected chi connectivity index (χ0v) is 14.3. The van der Waals surface area contributed by atoms with Crippen molar-refractivity contribution in [2.24, 2.45) is 0 Å². The van der Waals surface area contributed by atoms with Crippen LogP contribution in [0.25, 0.3) is 10.8 Å². The molecule has 0 heterocycles. The van der Waals surface area contributed by atoms with Gasteiger partial charge in [0, 0.05) is 17.1 Å². The lowest BCUT2D eigenvalue weighted by molar-refractivity contribution is -0.136. The van der Waals surface area contributed by atoms with Crippen LogP contribution < -0.4 is 10.1 Å². The summed E-state index contributed by atoms with van der Waals surface area (Å²) in [7, 11) is 0. The Morgan fingerprint density at radius 3 is 2.72 bits per heavy atom. The van der Waals surface area contributed by atoms with E-state index in [4.69, 9.17) is 21.4 Å². The lowest BCUT2D eigenvalue weighted by Gasteiger charge is -2.15. The van der Waals surface area contributed by atoms with Crippen molar-refractivity contribution in [3.8, 4) is 5.75 Å². The molecule has 128 valence electrons. The molecule has 0 fully saturated rings. The summed E-state index contributed by atoms with van der Waals surface area (Å²) in [5, 5.41) is 14.6. The van der Waals surface area contributed by atoms with Crippen molar-refractivity contribution in [2.45, 2.75) is 13.2 Å². The molecule has 0 spiro atoms. The van der Waals surface area contributed by atoms with Crippen LogP contribution in [0.15, 0.2) is 60.7 Å². The average molecular weight is 356 g/mol. The minimum Gasteiger partial charge on any atom is -0.489 e. The van der Waals surface area contributed by atoms with Gasteiger partial charge in [0.1, 0.15) is 12.4 Å². The highest BCUT2D eigenvalue weighted by atomic mass is 35.5. The number of benzene rings is 3. The van der Waals surface area contributed by atoms with Crippen molar-refractivity contribution in [1.82, 2.24) is 5.32 Å². The number of hydrogen-bond donors (Lipinski definition) is 2. The van der Waals surface area contributed by atoms with E-state index in [0.717, 1.165) is 27.6 Å². The van der Waals surface area contributed by atoms with Gasteiger partial charge >= 0.3 is 5.97 Å². The van der Waals surface area contributed by atoms with Crippen molar-refractivity contribution in [3.05, 3.63) is 76.8 Å². The van der Waals surface area contributed by atoms with E-state index < -0.39 is 5.97 Å². The standard InChI is InChI=1S/C20H18ClNO3/c21-16-6-3-4-14(10-16)13-25-19-9-8-15-5-1-2-7-17(15)18(19)11-22-12-20(23)24/h1-10,22H,11-13H2,(H,23,24). The SMILES string of the molecule is O=C(O)CNCc1c(OCc2cccc(Cl)c2)ccc2ccccc12. The van der Waals surface area contributed by atoms with Gasteiger partial charge in [0.25, 0.3) is 0 Å². The van der Waals surface area contributed by atoms with E-state index in [0.29, 0.717) is 18.2 Å². The van der Waals surface area contributed by atoms with Crippen LogP contribution in [-0.4, -0.2) is 17.6 Å². The van der Waals surface area contributed by atoms with Gasteiger partial charge < -0.3 is 15.2 Å². The first-order valence-corrected chi connectivity index (χ1v) is 8.31. The Morgan fingerprint density at radius 1 is 1.08 bits per heavy atom. The molecular formula is C20H18ClNO3. The molecule has 0 amide bonds. The second kappa shape index (κ2) is 8.01. The van der Waals surface area contributed by atoms with E-state index in [1.807, 2.05) is 60.7 Å². The van der Waals surface area contributed by atoms with Crippen LogP contribution in [-0.2, 0) is 17.9 Å². The molecule has 0 atom stereocenters. The first-order valence-electron chi connectivity index (χ1n) is 7.94. The summed E-state index contributed by atoms with van der Waals surface area (Å²) in [4.78, 5) is 10.8. The molecule has 0 bridgehead atoms. The number of nitrogens with one attached hydrogen (secondary N) is 1. The van der Waals surface area contributed by atoms with Gasteiger partial charge in [-0.05, 0) is 34.5 Å². The molecule has 0 aromatic heterocycles. The fraction of sp³-hybridized carbons (Fsp3) is 0.150. The molecule has 0 saturated carbocycles. The number of hydrogen-bond acceptors (Lipinski definition) is 3. The maximum Gasteiger partial charge on any atom is 0.317 e. The quantitative estimate of drug-likeness (QED) is 0.665. The molecule has 25 heavy (non-hydrogen) atoms. The van der Waals surface area contributed by atoms with E-state index in [1.165, 1.54) is 0 Å². The summed E-state index contributed by atoms with van der Waals surface area (Å²) in [5.74, 6) is -0.154. The van der Waals surface area contributed by atoms with Gasteiger partial charge in [-0.3, -0.25) is 4.79 Å². The molecule has 0 aliphatic heterocycles. The van der Waals surface area contributed by atoms with Gasteiger partial charge in [0.2, 0.25) is 0 Å². The Bertz CT molecular complexity index is 895. The molecule has 3 rings (SSSR count). The third-order valence-corrected chi connectivity index (χ3v) is 4.09. The van der Waals surface area contributed by atoms with Crippen LogP contribution in [0.4, 0.5) is 0 Å². The number of halogens is 1. The molecular weight excluding hydrogens is 338 g/mol.